The van der Waals surface area contributed by atoms with E-state index in [1.807, 2.05) is 42.5 Å². The van der Waals surface area contributed by atoms with Gasteiger partial charge in [-0.25, -0.2) is 4.98 Å². The molecule has 3 aromatic rings. The predicted octanol–water partition coefficient (Wildman–Crippen LogP) is 4.59. The van der Waals surface area contributed by atoms with Crippen molar-refractivity contribution in [3.8, 4) is 5.75 Å². The Balaban J connectivity index is 1.84. The lowest BCUT2D eigenvalue weighted by Gasteiger charge is -2.28. The number of Topliss-reactive ketones (excluding diaryl/α,β-unsaturated/α-hetero) is 1. The second-order valence-electron chi connectivity index (χ2n) is 9.27. The largest absolute Gasteiger partial charge is 0.505 e. The van der Waals surface area contributed by atoms with Gasteiger partial charge in [0.25, 0.3) is 11.7 Å². The third kappa shape index (κ3) is 5.25. The zero-order valence-corrected chi connectivity index (χ0v) is 22.1. The number of carbonyl (C=O) groups is 2. The fraction of sp³-hybridized carbons (Fsp3) is 0.414. The summed E-state index contributed by atoms with van der Waals surface area (Å²) in [5, 5.41) is 11.6. The number of benzene rings is 1. The summed E-state index contributed by atoms with van der Waals surface area (Å²) in [6.07, 6.45) is 3.74. The maximum absolute atomic E-state index is 13.5. The van der Waals surface area contributed by atoms with E-state index in [1.54, 1.807) is 22.4 Å². The van der Waals surface area contributed by atoms with Crippen molar-refractivity contribution in [1.29, 1.82) is 0 Å². The third-order valence-corrected chi connectivity index (χ3v) is 6.96. The van der Waals surface area contributed by atoms with Crippen LogP contribution in [0.15, 0.2) is 54.2 Å². The molecule has 3 heterocycles. The molecule has 0 saturated carbocycles. The highest BCUT2D eigenvalue weighted by Gasteiger charge is 2.46. The predicted molar refractivity (Wildman–Crippen MR) is 144 cm³/mol. The van der Waals surface area contributed by atoms with E-state index in [1.165, 1.54) is 0 Å². The molecule has 8 nitrogen and oxygen atoms in total. The summed E-state index contributed by atoms with van der Waals surface area (Å²) in [6.45, 7) is 11.3. The first-order valence-electron chi connectivity index (χ1n) is 13.1. The number of fused-ring (bicyclic) bond motifs is 1. The Morgan fingerprint density at radius 3 is 2.62 bits per heavy atom. The molecule has 0 aliphatic carbocycles. The Kier molecular flexibility index (Phi) is 8.28. The molecular weight excluding hydrogens is 468 g/mol. The van der Waals surface area contributed by atoms with E-state index in [9.17, 15) is 14.7 Å². The molecule has 8 heteroatoms. The highest BCUT2D eigenvalue weighted by Crippen LogP contribution is 2.40. The molecule has 1 saturated heterocycles. The molecule has 196 valence electrons. The van der Waals surface area contributed by atoms with Crippen LogP contribution >= 0.6 is 0 Å². The molecule has 1 aromatic carbocycles. The van der Waals surface area contributed by atoms with Gasteiger partial charge in [-0.15, -0.1) is 0 Å². The lowest BCUT2D eigenvalue weighted by Crippen LogP contribution is -2.38. The van der Waals surface area contributed by atoms with Gasteiger partial charge in [-0.1, -0.05) is 45.4 Å². The number of likely N-dealkylation sites (N-methyl/N-ethyl adjacent to an activating group) is 1. The number of likely N-dealkylation sites (tertiary alicyclic amines) is 1. The average Bonchev–Trinajstić information content (AvgIpc) is 3.37. The molecule has 1 N–H and O–H groups in total. The number of ether oxygens (including phenoxy) is 1. The lowest BCUT2D eigenvalue weighted by atomic mass is 9.96. The van der Waals surface area contributed by atoms with Gasteiger partial charge in [0, 0.05) is 19.3 Å². The standard InChI is InChI=1S/C29H36N4O4/c1-5-8-18-37-22-13-11-12-21(19-22)26-24(28(35)29(36)33(26)17-16-31(6-2)7-3)27(34)25-20(4)30-23-14-9-10-15-32(23)25/h9-15,19,26,34H,5-8,16-18H2,1-4H3. The normalized spacial score (nSPS) is 17.3. The van der Waals surface area contributed by atoms with Crippen LogP contribution in [-0.2, 0) is 9.59 Å². The van der Waals surface area contributed by atoms with Crippen LogP contribution in [0.1, 0.15) is 56.6 Å². The smallest absolute Gasteiger partial charge is 0.295 e. The summed E-state index contributed by atoms with van der Waals surface area (Å²) >= 11 is 0. The zero-order valence-electron chi connectivity index (χ0n) is 22.1. The van der Waals surface area contributed by atoms with Crippen molar-refractivity contribution in [2.75, 3.05) is 32.8 Å². The average molecular weight is 505 g/mol. The number of imidazole rings is 1. The minimum Gasteiger partial charge on any atom is -0.505 e. The molecule has 1 atom stereocenters. The molecule has 1 unspecified atom stereocenters. The topological polar surface area (TPSA) is 87.4 Å². The van der Waals surface area contributed by atoms with E-state index in [-0.39, 0.29) is 11.3 Å². The number of carbonyl (C=O) groups excluding carboxylic acids is 2. The first-order valence-corrected chi connectivity index (χ1v) is 13.1. The van der Waals surface area contributed by atoms with Crippen molar-refractivity contribution >= 4 is 23.1 Å². The van der Waals surface area contributed by atoms with Gasteiger partial charge in [-0.05, 0) is 56.3 Å². The van der Waals surface area contributed by atoms with Crippen molar-refractivity contribution in [2.24, 2.45) is 0 Å². The number of pyridine rings is 1. The summed E-state index contributed by atoms with van der Waals surface area (Å²) < 4.78 is 7.67. The van der Waals surface area contributed by atoms with Crippen molar-refractivity contribution in [2.45, 2.75) is 46.6 Å². The van der Waals surface area contributed by atoms with Crippen LogP contribution in [0.25, 0.3) is 11.4 Å². The Bertz CT molecular complexity index is 1310. The molecule has 1 aliphatic rings. The van der Waals surface area contributed by atoms with Crippen LogP contribution in [0.2, 0.25) is 0 Å². The maximum Gasteiger partial charge on any atom is 0.295 e. The molecule has 0 radical (unpaired) electrons. The molecule has 1 fully saturated rings. The van der Waals surface area contributed by atoms with Gasteiger partial charge in [0.2, 0.25) is 0 Å². The van der Waals surface area contributed by atoms with Crippen LogP contribution in [0.3, 0.4) is 0 Å². The highest BCUT2D eigenvalue weighted by molar-refractivity contribution is 6.46. The minimum absolute atomic E-state index is 0.0732. The minimum atomic E-state index is -0.737. The van der Waals surface area contributed by atoms with Crippen molar-refractivity contribution in [3.05, 3.63) is 71.2 Å². The summed E-state index contributed by atoms with van der Waals surface area (Å²) in [6, 6.07) is 12.3. The number of aliphatic hydroxyl groups excluding tert-OH is 1. The van der Waals surface area contributed by atoms with E-state index in [4.69, 9.17) is 4.74 Å². The Morgan fingerprint density at radius 2 is 1.89 bits per heavy atom. The van der Waals surface area contributed by atoms with Crippen LogP contribution < -0.4 is 4.74 Å². The number of ketones is 1. The van der Waals surface area contributed by atoms with Gasteiger partial charge >= 0.3 is 0 Å². The van der Waals surface area contributed by atoms with E-state index < -0.39 is 17.7 Å². The lowest BCUT2D eigenvalue weighted by molar-refractivity contribution is -0.140. The van der Waals surface area contributed by atoms with E-state index in [0.29, 0.717) is 42.5 Å². The summed E-state index contributed by atoms with van der Waals surface area (Å²) in [7, 11) is 0. The molecule has 2 aromatic heterocycles. The quantitative estimate of drug-likeness (QED) is 0.178. The summed E-state index contributed by atoms with van der Waals surface area (Å²) in [5.74, 6) is -0.847. The number of unbranched alkanes of at least 4 members (excludes halogenated alkanes) is 1. The van der Waals surface area contributed by atoms with E-state index in [2.05, 4.69) is 30.7 Å². The third-order valence-electron chi connectivity index (χ3n) is 6.96. The number of nitrogens with zero attached hydrogens (tertiary/aromatic N) is 4. The van der Waals surface area contributed by atoms with Crippen LogP contribution in [0, 0.1) is 6.92 Å². The number of aromatic nitrogens is 2. The van der Waals surface area contributed by atoms with Gasteiger partial charge in [-0.3, -0.25) is 14.0 Å². The molecule has 4 rings (SSSR count). The fourth-order valence-corrected chi connectivity index (χ4v) is 4.88. The van der Waals surface area contributed by atoms with Crippen molar-refractivity contribution in [1.82, 2.24) is 19.2 Å². The van der Waals surface area contributed by atoms with Crippen molar-refractivity contribution < 1.29 is 19.4 Å². The van der Waals surface area contributed by atoms with Crippen LogP contribution in [0.4, 0.5) is 0 Å². The summed E-state index contributed by atoms with van der Waals surface area (Å²) in [4.78, 5) is 35.2. The Labute approximate surface area is 218 Å². The van der Waals surface area contributed by atoms with Gasteiger partial charge < -0.3 is 19.6 Å². The van der Waals surface area contributed by atoms with Gasteiger partial charge in [0.1, 0.15) is 17.1 Å². The van der Waals surface area contributed by atoms with E-state index in [0.717, 1.165) is 31.5 Å². The number of aliphatic hydroxyl groups is 1. The number of hydrogen-bond acceptors (Lipinski definition) is 6. The molecule has 0 bridgehead atoms. The number of hydrogen-bond donors (Lipinski definition) is 1. The summed E-state index contributed by atoms with van der Waals surface area (Å²) in [5.41, 5.74) is 2.44. The maximum atomic E-state index is 13.5. The number of amides is 1. The second kappa shape index (κ2) is 11.6. The second-order valence-corrected chi connectivity index (χ2v) is 9.27. The monoisotopic (exact) mass is 504 g/mol. The Morgan fingerprint density at radius 1 is 1.11 bits per heavy atom. The van der Waals surface area contributed by atoms with Gasteiger partial charge in [-0.2, -0.15) is 0 Å². The Hall–Kier alpha value is -3.65. The number of rotatable bonds is 11. The van der Waals surface area contributed by atoms with Crippen LogP contribution in [-0.4, -0.2) is 68.8 Å². The molecule has 1 amide bonds. The first-order chi connectivity index (χ1) is 17.9. The van der Waals surface area contributed by atoms with Gasteiger partial charge in [0.05, 0.1) is 23.9 Å². The fourth-order valence-electron chi connectivity index (χ4n) is 4.88. The number of aryl methyl sites for hydroxylation is 1. The SMILES string of the molecule is CCCCOc1cccc(C2C(=C(O)c3c(C)nc4ccccn34)C(=O)C(=O)N2CCN(CC)CC)c1. The van der Waals surface area contributed by atoms with Crippen molar-refractivity contribution in [3.63, 3.8) is 0 Å². The van der Waals surface area contributed by atoms with Crippen LogP contribution in [0.5, 0.6) is 5.75 Å². The molecule has 1 aliphatic heterocycles. The molecular formula is C29H36N4O4. The molecule has 37 heavy (non-hydrogen) atoms. The first kappa shape index (κ1) is 26.4. The van der Waals surface area contributed by atoms with E-state index >= 15 is 0 Å². The zero-order chi connectivity index (χ0) is 26.5. The molecule has 0 spiro atoms. The van der Waals surface area contributed by atoms with Gasteiger partial charge in [0.15, 0.2) is 5.76 Å². The highest BCUT2D eigenvalue weighted by atomic mass is 16.5.